The van der Waals surface area contributed by atoms with E-state index in [1.54, 1.807) is 19.1 Å². The maximum absolute atomic E-state index is 13.6. The quantitative estimate of drug-likeness (QED) is 0.297. The van der Waals surface area contributed by atoms with Gasteiger partial charge in [-0.25, -0.2) is 0 Å². The molecule has 2 aromatic carbocycles. The fourth-order valence-electron chi connectivity index (χ4n) is 5.32. The normalized spacial score (nSPS) is 21.6. The van der Waals surface area contributed by atoms with E-state index < -0.39 is 35.1 Å². The minimum atomic E-state index is -1.37. The van der Waals surface area contributed by atoms with Crippen LogP contribution in [0.15, 0.2) is 50.3 Å². The Kier molecular flexibility index (Phi) is 6.02. The van der Waals surface area contributed by atoms with Crippen LogP contribution < -0.4 is 15.9 Å². The zero-order valence-corrected chi connectivity index (χ0v) is 20.9. The first kappa shape index (κ1) is 24.9. The number of methoxy groups -OCH3 is 2. The molecule has 10 heteroatoms. The van der Waals surface area contributed by atoms with Crippen LogP contribution in [-0.2, 0) is 16.0 Å². The number of rotatable bonds is 4. The van der Waals surface area contributed by atoms with Gasteiger partial charge in [0.05, 0.1) is 35.6 Å². The Morgan fingerprint density at radius 2 is 1.95 bits per heavy atom. The number of aromatic hydroxyl groups is 2. The van der Waals surface area contributed by atoms with Crippen molar-refractivity contribution in [2.75, 3.05) is 14.2 Å². The summed E-state index contributed by atoms with van der Waals surface area (Å²) in [4.78, 5) is 25.6. The number of allylic oxidation sites excluding steroid dienone is 2. The summed E-state index contributed by atoms with van der Waals surface area (Å²) in [7, 11) is 2.87. The molecule has 9 nitrogen and oxygen atoms in total. The number of halogens is 1. The Bertz CT molecular complexity index is 1640. The van der Waals surface area contributed by atoms with Crippen LogP contribution in [0.2, 0.25) is 5.02 Å². The number of phenols is 2. The van der Waals surface area contributed by atoms with Crippen molar-refractivity contribution < 1.29 is 34.0 Å². The van der Waals surface area contributed by atoms with E-state index in [0.717, 1.165) is 0 Å². The molecule has 5 rings (SSSR count). The molecule has 37 heavy (non-hydrogen) atoms. The van der Waals surface area contributed by atoms with Crippen molar-refractivity contribution in [1.29, 1.82) is 0 Å². The largest absolute Gasteiger partial charge is 0.506 e. The van der Waals surface area contributed by atoms with Crippen LogP contribution in [-0.4, -0.2) is 48.0 Å². The van der Waals surface area contributed by atoms with Crippen LogP contribution in [0.1, 0.15) is 18.1 Å². The summed E-state index contributed by atoms with van der Waals surface area (Å²) in [6.45, 7) is 1.67. The molecule has 0 bridgehead atoms. The van der Waals surface area contributed by atoms with Crippen LogP contribution in [0, 0.1) is 5.92 Å². The first-order valence-corrected chi connectivity index (χ1v) is 11.8. The highest BCUT2D eigenvalue weighted by Gasteiger charge is 2.42. The number of hydrogen-bond donors (Lipinski definition) is 4. The molecule has 3 unspecified atom stereocenters. The molecule has 3 aromatic rings. The molecule has 0 saturated heterocycles. The Labute approximate surface area is 215 Å². The number of aldehydes is 1. The van der Waals surface area contributed by atoms with Crippen molar-refractivity contribution in [3.05, 3.63) is 67.5 Å². The van der Waals surface area contributed by atoms with E-state index in [1.807, 2.05) is 0 Å². The van der Waals surface area contributed by atoms with Crippen LogP contribution in [0.25, 0.3) is 27.5 Å². The number of hydrogen-bond acceptors (Lipinski definition) is 9. The lowest BCUT2D eigenvalue weighted by Gasteiger charge is -2.37. The van der Waals surface area contributed by atoms with Gasteiger partial charge >= 0.3 is 0 Å². The third-order valence-corrected chi connectivity index (χ3v) is 7.24. The van der Waals surface area contributed by atoms with Gasteiger partial charge in [0.25, 0.3) is 0 Å². The van der Waals surface area contributed by atoms with E-state index in [9.17, 15) is 24.9 Å². The number of fused-ring (bicyclic) bond motifs is 4. The van der Waals surface area contributed by atoms with Gasteiger partial charge in [-0.3, -0.25) is 4.79 Å². The zero-order chi connectivity index (χ0) is 26.8. The van der Waals surface area contributed by atoms with Gasteiger partial charge in [-0.15, -0.1) is 0 Å². The number of aliphatic hydroxyl groups is 1. The van der Waals surface area contributed by atoms with Crippen molar-refractivity contribution >= 4 is 45.4 Å². The van der Waals surface area contributed by atoms with E-state index in [4.69, 9.17) is 31.2 Å². The molecule has 0 aliphatic heterocycles. The molecule has 0 spiro atoms. The summed E-state index contributed by atoms with van der Waals surface area (Å²) in [5.41, 5.74) is 7.28. The second-order valence-electron chi connectivity index (χ2n) is 9.08. The van der Waals surface area contributed by atoms with Crippen LogP contribution in [0.4, 0.5) is 0 Å². The van der Waals surface area contributed by atoms with Gasteiger partial charge in [-0.05, 0) is 41.9 Å². The minimum absolute atomic E-state index is 0.00724. The van der Waals surface area contributed by atoms with Gasteiger partial charge in [0.15, 0.2) is 22.7 Å². The van der Waals surface area contributed by atoms with Crippen LogP contribution in [0.5, 0.6) is 17.2 Å². The Morgan fingerprint density at radius 1 is 1.22 bits per heavy atom. The van der Waals surface area contributed by atoms with Gasteiger partial charge in [0.2, 0.25) is 5.43 Å². The molecule has 2 aliphatic carbocycles. The number of carbonyl (C=O) groups excluding carboxylic acids is 1. The second-order valence-corrected chi connectivity index (χ2v) is 9.49. The molecule has 0 amide bonds. The third-order valence-electron chi connectivity index (χ3n) is 6.93. The number of nitrogens with two attached hydrogens (primary N) is 1. The predicted molar refractivity (Wildman–Crippen MR) is 138 cm³/mol. The average Bonchev–Trinajstić information content (AvgIpc) is 2.86. The van der Waals surface area contributed by atoms with E-state index in [0.29, 0.717) is 28.7 Å². The van der Waals surface area contributed by atoms with Crippen molar-refractivity contribution in [3.63, 3.8) is 0 Å². The van der Waals surface area contributed by atoms with Crippen molar-refractivity contribution in [2.24, 2.45) is 11.7 Å². The van der Waals surface area contributed by atoms with E-state index >= 15 is 0 Å². The fourth-order valence-corrected chi connectivity index (χ4v) is 5.47. The maximum atomic E-state index is 13.6. The van der Waals surface area contributed by atoms with Gasteiger partial charge in [0, 0.05) is 30.4 Å². The highest BCUT2D eigenvalue weighted by atomic mass is 35.5. The molecule has 1 aromatic heterocycles. The lowest BCUT2D eigenvalue weighted by atomic mass is 9.71. The fraction of sp³-hybridized carbons (Fsp3) is 0.259. The molecule has 3 atom stereocenters. The van der Waals surface area contributed by atoms with Crippen molar-refractivity contribution in [3.8, 4) is 17.2 Å². The Hall–Kier alpha value is -3.79. The molecule has 192 valence electrons. The van der Waals surface area contributed by atoms with Gasteiger partial charge in [0.1, 0.15) is 17.4 Å². The third kappa shape index (κ3) is 3.53. The van der Waals surface area contributed by atoms with Crippen molar-refractivity contribution in [1.82, 2.24) is 0 Å². The van der Waals surface area contributed by atoms with Gasteiger partial charge in [-0.1, -0.05) is 17.7 Å². The maximum Gasteiger partial charge on any atom is 0.204 e. The summed E-state index contributed by atoms with van der Waals surface area (Å²) in [6, 6.07) is 2.73. The molecule has 0 fully saturated rings. The number of phenolic OH excluding ortho intramolecular Hbond substituents is 2. The van der Waals surface area contributed by atoms with E-state index in [2.05, 4.69) is 0 Å². The van der Waals surface area contributed by atoms with Crippen LogP contribution >= 0.6 is 11.6 Å². The van der Waals surface area contributed by atoms with Gasteiger partial charge in [-0.2, -0.15) is 0 Å². The monoisotopic (exact) mass is 525 g/mol. The number of benzene rings is 2. The Morgan fingerprint density at radius 3 is 2.57 bits per heavy atom. The summed E-state index contributed by atoms with van der Waals surface area (Å²) < 4.78 is 17.3. The average molecular weight is 526 g/mol. The topological polar surface area (TPSA) is 152 Å². The summed E-state index contributed by atoms with van der Waals surface area (Å²) >= 11 is 6.02. The highest BCUT2D eigenvalue weighted by Crippen LogP contribution is 2.51. The SMILES string of the molecule is COc1c2c(c(O)c3c(=O)c4ccc(Cl)c(O)c4oc13)C1=C(C=C(/C=C(/C)N)C(C=O)C1O)C(OC)C2. The molecule has 0 saturated carbocycles. The molecule has 0 radical (unpaired) electrons. The van der Waals surface area contributed by atoms with E-state index in [1.165, 1.54) is 26.4 Å². The number of ether oxygens (including phenoxy) is 2. The molecular formula is C27H24ClNO8. The summed E-state index contributed by atoms with van der Waals surface area (Å²) in [5, 5.41) is 33.2. The molecule has 2 aliphatic rings. The first-order valence-electron chi connectivity index (χ1n) is 11.4. The summed E-state index contributed by atoms with van der Waals surface area (Å²) in [5.74, 6) is -1.72. The van der Waals surface area contributed by atoms with E-state index in [-0.39, 0.29) is 50.3 Å². The zero-order valence-electron chi connectivity index (χ0n) is 20.2. The molecular weight excluding hydrogens is 502 g/mol. The van der Waals surface area contributed by atoms with Crippen molar-refractivity contribution in [2.45, 2.75) is 25.6 Å². The molecule has 5 N–H and O–H groups in total. The Balaban J connectivity index is 1.95. The smallest absolute Gasteiger partial charge is 0.204 e. The first-order chi connectivity index (χ1) is 17.6. The number of carbonyl (C=O) groups is 1. The minimum Gasteiger partial charge on any atom is -0.506 e. The standard InChI is InChI=1S/C27H24ClNO8/c1-10(29)6-11-7-13-17(35-2)8-14-19(18(13)22(32)15(11)9-30)24(34)20-21(31)12-4-5-16(28)23(33)25(12)37-27(20)26(14)36-3/h4-7,9,15,17,22,32-34H,8,29H2,1-3H3/b10-6-. The number of aliphatic hydroxyl groups excluding tert-OH is 1. The highest BCUT2D eigenvalue weighted by molar-refractivity contribution is 6.33. The second kappa shape index (κ2) is 8.95. The molecule has 1 heterocycles. The summed E-state index contributed by atoms with van der Waals surface area (Å²) in [6.07, 6.45) is 2.16. The lowest BCUT2D eigenvalue weighted by Crippen LogP contribution is -2.35. The van der Waals surface area contributed by atoms with Gasteiger partial charge < -0.3 is 39.7 Å². The van der Waals surface area contributed by atoms with Crippen LogP contribution in [0.3, 0.4) is 0 Å². The predicted octanol–water partition coefficient (Wildman–Crippen LogP) is 3.32. The lowest BCUT2D eigenvalue weighted by molar-refractivity contribution is -0.111.